The Kier molecular flexibility index (Phi) is 3.83. The second kappa shape index (κ2) is 5.40. The van der Waals surface area contributed by atoms with Crippen molar-refractivity contribution < 1.29 is 22.4 Å². The fourth-order valence-corrected chi connectivity index (χ4v) is 1.78. The lowest BCUT2D eigenvalue weighted by Crippen LogP contribution is -2.15. The number of nitrogens with zero attached hydrogens (tertiary/aromatic N) is 1. The number of rotatable bonds is 3. The van der Waals surface area contributed by atoms with Gasteiger partial charge in [0.15, 0.2) is 5.78 Å². The van der Waals surface area contributed by atoms with Crippen LogP contribution in [0, 0.1) is 5.82 Å². The van der Waals surface area contributed by atoms with E-state index in [1.165, 1.54) is 24.5 Å². The minimum Gasteiger partial charge on any atom is -0.294 e. The second-order valence-corrected chi connectivity index (χ2v) is 4.14. The fourth-order valence-electron chi connectivity index (χ4n) is 1.78. The monoisotopic (exact) mass is 283 g/mol. The Bertz CT molecular complexity index is 623. The summed E-state index contributed by atoms with van der Waals surface area (Å²) in [7, 11) is 0. The highest BCUT2D eigenvalue weighted by molar-refractivity contribution is 5.99. The molecular formula is C14H9F4NO. The number of alkyl halides is 3. The van der Waals surface area contributed by atoms with Crippen LogP contribution in [0.2, 0.25) is 0 Å². The minimum absolute atomic E-state index is 0.241. The van der Waals surface area contributed by atoms with E-state index in [-0.39, 0.29) is 6.42 Å². The van der Waals surface area contributed by atoms with Gasteiger partial charge in [-0.1, -0.05) is 0 Å². The average molecular weight is 283 g/mol. The highest BCUT2D eigenvalue weighted by Gasteiger charge is 2.35. The number of aromatic nitrogens is 1. The van der Waals surface area contributed by atoms with Crippen molar-refractivity contribution in [2.75, 3.05) is 0 Å². The van der Waals surface area contributed by atoms with Crippen LogP contribution < -0.4 is 0 Å². The van der Waals surface area contributed by atoms with Gasteiger partial charge in [0, 0.05) is 24.4 Å². The van der Waals surface area contributed by atoms with Crippen LogP contribution in [0.5, 0.6) is 0 Å². The normalized spacial score (nSPS) is 11.4. The molecule has 0 atom stereocenters. The molecule has 1 aromatic heterocycles. The summed E-state index contributed by atoms with van der Waals surface area (Å²) < 4.78 is 51.5. The number of hydrogen-bond acceptors (Lipinski definition) is 2. The standard InChI is InChI=1S/C14H9F4NO/c15-10-1-2-12(14(16,17)18)11(8-10)13(20)7-9-3-5-19-6-4-9/h1-6,8H,7H2. The van der Waals surface area contributed by atoms with Gasteiger partial charge >= 0.3 is 6.18 Å². The van der Waals surface area contributed by atoms with Crippen molar-refractivity contribution in [1.82, 2.24) is 4.98 Å². The number of ketones is 1. The fraction of sp³-hybridized carbons (Fsp3) is 0.143. The topological polar surface area (TPSA) is 30.0 Å². The first-order valence-electron chi connectivity index (χ1n) is 5.67. The molecule has 0 bridgehead atoms. The Hall–Kier alpha value is -2.24. The highest BCUT2D eigenvalue weighted by Crippen LogP contribution is 2.32. The Labute approximate surface area is 112 Å². The van der Waals surface area contributed by atoms with Gasteiger partial charge in [0.1, 0.15) is 5.82 Å². The summed E-state index contributed by atoms with van der Waals surface area (Å²) >= 11 is 0. The van der Waals surface area contributed by atoms with Crippen molar-refractivity contribution in [3.63, 3.8) is 0 Å². The number of halogens is 4. The maximum atomic E-state index is 13.1. The first-order chi connectivity index (χ1) is 9.38. The molecule has 0 fully saturated rings. The Morgan fingerprint density at radius 2 is 1.75 bits per heavy atom. The maximum Gasteiger partial charge on any atom is 0.417 e. The number of Topliss-reactive ketones (excluding diaryl/α,β-unsaturated/α-hetero) is 1. The number of pyridine rings is 1. The average Bonchev–Trinajstić information content (AvgIpc) is 2.38. The first-order valence-corrected chi connectivity index (χ1v) is 5.67. The second-order valence-electron chi connectivity index (χ2n) is 4.14. The van der Waals surface area contributed by atoms with E-state index in [4.69, 9.17) is 0 Å². The zero-order valence-corrected chi connectivity index (χ0v) is 10.1. The molecule has 2 rings (SSSR count). The lowest BCUT2D eigenvalue weighted by Gasteiger charge is -2.12. The molecule has 0 radical (unpaired) electrons. The van der Waals surface area contributed by atoms with Gasteiger partial charge in [-0.05, 0) is 35.9 Å². The molecule has 0 saturated heterocycles. The van der Waals surface area contributed by atoms with E-state index in [9.17, 15) is 22.4 Å². The Morgan fingerprint density at radius 3 is 2.35 bits per heavy atom. The third-order valence-corrected chi connectivity index (χ3v) is 2.70. The molecule has 1 aromatic carbocycles. The van der Waals surface area contributed by atoms with Crippen LogP contribution in [0.15, 0.2) is 42.7 Å². The summed E-state index contributed by atoms with van der Waals surface area (Å²) in [6, 6.07) is 4.92. The summed E-state index contributed by atoms with van der Waals surface area (Å²) in [6.07, 6.45) is -2.08. The van der Waals surface area contributed by atoms with Gasteiger partial charge in [0.2, 0.25) is 0 Å². The summed E-state index contributed by atoms with van der Waals surface area (Å²) in [5.41, 5.74) is -1.27. The van der Waals surface area contributed by atoms with Crippen LogP contribution in [0.3, 0.4) is 0 Å². The van der Waals surface area contributed by atoms with Crippen molar-refractivity contribution in [2.45, 2.75) is 12.6 Å². The van der Waals surface area contributed by atoms with E-state index in [1.54, 1.807) is 0 Å². The summed E-state index contributed by atoms with van der Waals surface area (Å²) in [5, 5.41) is 0. The third-order valence-electron chi connectivity index (χ3n) is 2.70. The molecule has 20 heavy (non-hydrogen) atoms. The molecule has 0 saturated carbocycles. The number of carbonyl (C=O) groups is 1. The summed E-state index contributed by atoms with van der Waals surface area (Å²) in [6.45, 7) is 0. The molecule has 6 heteroatoms. The van der Waals surface area contributed by atoms with E-state index in [0.29, 0.717) is 23.8 Å². The summed E-state index contributed by atoms with van der Waals surface area (Å²) in [4.78, 5) is 15.7. The van der Waals surface area contributed by atoms with Crippen LogP contribution in [-0.2, 0) is 12.6 Å². The molecule has 2 aromatic rings. The van der Waals surface area contributed by atoms with E-state index >= 15 is 0 Å². The van der Waals surface area contributed by atoms with Crippen LogP contribution in [-0.4, -0.2) is 10.8 Å². The highest BCUT2D eigenvalue weighted by atomic mass is 19.4. The number of benzene rings is 1. The van der Waals surface area contributed by atoms with Gasteiger partial charge in [-0.25, -0.2) is 4.39 Å². The quantitative estimate of drug-likeness (QED) is 0.635. The molecule has 104 valence electrons. The first kappa shape index (κ1) is 14.2. The Morgan fingerprint density at radius 1 is 1.10 bits per heavy atom. The summed E-state index contributed by atoms with van der Waals surface area (Å²) in [5.74, 6) is -1.67. The molecule has 0 unspecified atom stereocenters. The van der Waals surface area contributed by atoms with Gasteiger partial charge in [0.25, 0.3) is 0 Å². The molecular weight excluding hydrogens is 274 g/mol. The smallest absolute Gasteiger partial charge is 0.294 e. The SMILES string of the molecule is O=C(Cc1ccncc1)c1cc(F)ccc1C(F)(F)F. The largest absolute Gasteiger partial charge is 0.417 e. The predicted molar refractivity (Wildman–Crippen MR) is 63.7 cm³/mol. The molecule has 0 N–H and O–H groups in total. The molecule has 0 spiro atoms. The molecule has 0 amide bonds. The molecule has 1 heterocycles. The molecule has 0 aliphatic carbocycles. The maximum absolute atomic E-state index is 13.1. The van der Waals surface area contributed by atoms with Crippen molar-refractivity contribution in [3.8, 4) is 0 Å². The van der Waals surface area contributed by atoms with Crippen LogP contribution >= 0.6 is 0 Å². The van der Waals surface area contributed by atoms with Crippen LogP contribution in [0.4, 0.5) is 17.6 Å². The van der Waals surface area contributed by atoms with Gasteiger partial charge < -0.3 is 0 Å². The minimum atomic E-state index is -4.70. The zero-order chi connectivity index (χ0) is 14.8. The van der Waals surface area contributed by atoms with E-state index in [2.05, 4.69) is 4.98 Å². The van der Waals surface area contributed by atoms with Crippen molar-refractivity contribution in [2.24, 2.45) is 0 Å². The third kappa shape index (κ3) is 3.20. The zero-order valence-electron chi connectivity index (χ0n) is 10.1. The number of hydrogen-bond donors (Lipinski definition) is 0. The van der Waals surface area contributed by atoms with Crippen molar-refractivity contribution >= 4 is 5.78 Å². The molecule has 0 aliphatic heterocycles. The van der Waals surface area contributed by atoms with Gasteiger partial charge in [-0.2, -0.15) is 13.2 Å². The lowest BCUT2D eigenvalue weighted by molar-refractivity contribution is -0.137. The van der Waals surface area contributed by atoms with E-state index in [0.717, 1.165) is 0 Å². The van der Waals surface area contributed by atoms with Gasteiger partial charge in [-0.3, -0.25) is 9.78 Å². The number of carbonyl (C=O) groups excluding carboxylic acids is 1. The van der Waals surface area contributed by atoms with Gasteiger partial charge in [-0.15, -0.1) is 0 Å². The van der Waals surface area contributed by atoms with E-state index in [1.807, 2.05) is 0 Å². The predicted octanol–water partition coefficient (Wildman–Crippen LogP) is 3.66. The van der Waals surface area contributed by atoms with Crippen LogP contribution in [0.1, 0.15) is 21.5 Å². The van der Waals surface area contributed by atoms with Gasteiger partial charge in [0.05, 0.1) is 5.56 Å². The Balaban J connectivity index is 2.36. The van der Waals surface area contributed by atoms with Crippen molar-refractivity contribution in [3.05, 3.63) is 65.2 Å². The van der Waals surface area contributed by atoms with Crippen LogP contribution in [0.25, 0.3) is 0 Å². The van der Waals surface area contributed by atoms with Crippen molar-refractivity contribution in [1.29, 1.82) is 0 Å². The van der Waals surface area contributed by atoms with E-state index < -0.39 is 28.9 Å². The molecule has 0 aliphatic rings. The lowest BCUT2D eigenvalue weighted by atomic mass is 9.98. The molecule has 2 nitrogen and oxygen atoms in total.